The topological polar surface area (TPSA) is 0 Å². The van der Waals surface area contributed by atoms with Crippen LogP contribution in [-0.2, 0) is 14.7 Å². The molecule has 0 aromatic carbocycles. The molecule has 0 heterocycles. The summed E-state index contributed by atoms with van der Waals surface area (Å²) in [5, 5.41) is 0. The molecule has 0 amide bonds. The molecule has 2 aliphatic carbocycles. The van der Waals surface area contributed by atoms with Crippen molar-refractivity contribution in [2.24, 2.45) is 5.92 Å². The average Bonchev–Trinajstić information content (AvgIpc) is 2.59. The Balaban J connectivity index is 0.000000245. The van der Waals surface area contributed by atoms with Gasteiger partial charge in [0.2, 0.25) is 0 Å². The summed E-state index contributed by atoms with van der Waals surface area (Å²) < 4.78 is 0. The molecule has 0 aliphatic heterocycles. The fourth-order valence-corrected chi connectivity index (χ4v) is 2.18. The Labute approximate surface area is 110 Å². The van der Waals surface area contributed by atoms with Gasteiger partial charge in [-0.15, -0.1) is 0 Å². The van der Waals surface area contributed by atoms with Gasteiger partial charge in [-0.2, -0.15) is 11.1 Å². The van der Waals surface area contributed by atoms with Gasteiger partial charge in [0, 0.05) is 0 Å². The first kappa shape index (κ1) is 14.1. The number of rotatable bonds is 1. The Morgan fingerprint density at radius 2 is 1.93 bits per heavy atom. The molecule has 0 saturated carbocycles. The van der Waals surface area contributed by atoms with Crippen molar-refractivity contribution >= 4 is 27.9 Å². The summed E-state index contributed by atoms with van der Waals surface area (Å²) in [6.45, 7) is 2.26. The van der Waals surface area contributed by atoms with Crippen molar-refractivity contribution in [2.45, 2.75) is 39.0 Å². The maximum absolute atomic E-state index is 4.97. The molecule has 0 fully saturated rings. The van der Waals surface area contributed by atoms with Crippen molar-refractivity contribution in [2.75, 3.05) is 0 Å². The number of allylic oxidation sites excluding steroid dienone is 4. The first-order chi connectivity index (χ1) is 7.15. The van der Waals surface area contributed by atoms with Crippen LogP contribution < -0.4 is 0 Å². The Bertz CT molecular complexity index is 256. The second-order valence-electron chi connectivity index (χ2n) is 3.74. The van der Waals surface area contributed by atoms with Crippen LogP contribution in [0.1, 0.15) is 39.0 Å². The van der Waals surface area contributed by atoms with Gasteiger partial charge in [-0.3, -0.25) is 6.08 Å². The van der Waals surface area contributed by atoms with Crippen molar-refractivity contribution in [3.8, 4) is 0 Å². The van der Waals surface area contributed by atoms with E-state index < -0.39 is 14.7 Å². The van der Waals surface area contributed by atoms with Crippen molar-refractivity contribution in [1.82, 2.24) is 0 Å². The van der Waals surface area contributed by atoms with Gasteiger partial charge in [-0.05, 0) is 6.42 Å². The van der Waals surface area contributed by atoms with Crippen LogP contribution >= 0.6 is 27.9 Å². The summed E-state index contributed by atoms with van der Waals surface area (Å²) in [6, 6.07) is 0. The summed E-state index contributed by atoms with van der Waals surface area (Å²) in [4.78, 5) is 0. The number of hydrogen-bond donors (Lipinski definition) is 0. The van der Waals surface area contributed by atoms with E-state index in [0.717, 1.165) is 0 Å². The Morgan fingerprint density at radius 1 is 1.33 bits per heavy atom. The molecular weight excluding hydrogens is 286 g/mol. The minimum atomic E-state index is -1.92. The molecule has 0 N–H and O–H groups in total. The molecule has 1 atom stereocenters. The Kier molecular flexibility index (Phi) is 6.97. The molecule has 0 bridgehead atoms. The molecule has 0 radical (unpaired) electrons. The number of hydrogen-bond acceptors (Lipinski definition) is 0. The zero-order chi connectivity index (χ0) is 11.3. The molecule has 0 aromatic heterocycles. The molecular formula is C11H15Cl3Ti. The standard InChI is InChI=1S/C11H15.3ClH.Ti/c1-2-9-7-8-10-5-3-4-6-11(9)10;;;;/h8-9H,2-6H2,1H3;3*1H;/q-1;;;;+4/p-3. The minimum absolute atomic E-state index is 0.685. The van der Waals surface area contributed by atoms with Gasteiger partial charge >= 0.3 is 42.6 Å². The van der Waals surface area contributed by atoms with E-state index in [2.05, 4.69) is 19.1 Å². The molecule has 0 aromatic rings. The van der Waals surface area contributed by atoms with Gasteiger partial charge in [0.1, 0.15) is 0 Å². The Hall–Kier alpha value is 1.06. The molecule has 2 aliphatic rings. The van der Waals surface area contributed by atoms with E-state index in [1.54, 1.807) is 11.1 Å². The third-order valence-corrected chi connectivity index (χ3v) is 2.84. The van der Waals surface area contributed by atoms with E-state index >= 15 is 0 Å². The quantitative estimate of drug-likeness (QED) is 0.454. The van der Waals surface area contributed by atoms with Crippen molar-refractivity contribution in [1.29, 1.82) is 0 Å². The van der Waals surface area contributed by atoms with Gasteiger partial charge in [-0.25, -0.2) is 6.08 Å². The summed E-state index contributed by atoms with van der Waals surface area (Å²) in [6.07, 6.45) is 12.4. The fourth-order valence-electron chi connectivity index (χ4n) is 2.18. The summed E-state index contributed by atoms with van der Waals surface area (Å²) >= 11 is -1.92. The first-order valence-electron chi connectivity index (χ1n) is 5.29. The molecule has 0 saturated heterocycles. The fraction of sp³-hybridized carbons (Fsp3) is 0.636. The summed E-state index contributed by atoms with van der Waals surface area (Å²) in [5.41, 5.74) is 3.32. The molecule has 0 nitrogen and oxygen atoms in total. The predicted octanol–water partition coefficient (Wildman–Crippen LogP) is 5.32. The third kappa shape index (κ3) is 4.83. The van der Waals surface area contributed by atoms with Gasteiger partial charge < -0.3 is 0 Å². The number of halogens is 3. The van der Waals surface area contributed by atoms with Crippen LogP contribution in [0.5, 0.6) is 0 Å². The molecule has 2 rings (SSSR count). The first-order valence-corrected chi connectivity index (χ1v) is 11.7. The van der Waals surface area contributed by atoms with Crippen LogP contribution in [0, 0.1) is 12.0 Å². The van der Waals surface area contributed by atoms with Gasteiger partial charge in [0.05, 0.1) is 0 Å². The van der Waals surface area contributed by atoms with Crippen molar-refractivity contribution in [3.05, 3.63) is 23.3 Å². The zero-order valence-electron chi connectivity index (χ0n) is 8.82. The summed E-state index contributed by atoms with van der Waals surface area (Å²) in [7, 11) is 14.9. The maximum atomic E-state index is 4.97. The van der Waals surface area contributed by atoms with E-state index in [4.69, 9.17) is 27.9 Å². The SMILES string of the molecule is CCC1[C-]=CC2=C1CCCC2.[Cl][Ti+]([Cl])[Cl]. The monoisotopic (exact) mass is 300 g/mol. The zero-order valence-corrected chi connectivity index (χ0v) is 12.7. The average molecular weight is 301 g/mol. The Morgan fingerprint density at radius 3 is 2.53 bits per heavy atom. The predicted molar refractivity (Wildman–Crippen MR) is 64.6 cm³/mol. The molecule has 1 unspecified atom stereocenters. The normalized spacial score (nSPS) is 23.3. The summed E-state index contributed by atoms with van der Waals surface area (Å²) in [5.74, 6) is 0.685. The van der Waals surface area contributed by atoms with E-state index in [1.807, 2.05) is 0 Å². The van der Waals surface area contributed by atoms with E-state index in [-0.39, 0.29) is 0 Å². The van der Waals surface area contributed by atoms with Crippen LogP contribution in [0.2, 0.25) is 0 Å². The van der Waals surface area contributed by atoms with Crippen LogP contribution in [0.15, 0.2) is 17.2 Å². The second-order valence-corrected chi connectivity index (χ2v) is 11.5. The van der Waals surface area contributed by atoms with Crippen LogP contribution in [0.4, 0.5) is 0 Å². The van der Waals surface area contributed by atoms with E-state index in [0.29, 0.717) is 5.92 Å². The van der Waals surface area contributed by atoms with Gasteiger partial charge in [0.25, 0.3) is 0 Å². The van der Waals surface area contributed by atoms with E-state index in [9.17, 15) is 0 Å². The second kappa shape index (κ2) is 7.40. The molecule has 15 heavy (non-hydrogen) atoms. The van der Waals surface area contributed by atoms with Crippen LogP contribution in [0.25, 0.3) is 0 Å². The molecule has 84 valence electrons. The van der Waals surface area contributed by atoms with Gasteiger partial charge in [0.15, 0.2) is 0 Å². The third-order valence-electron chi connectivity index (χ3n) is 2.84. The van der Waals surface area contributed by atoms with Gasteiger partial charge in [-0.1, -0.05) is 38.5 Å². The molecule has 0 spiro atoms. The van der Waals surface area contributed by atoms with E-state index in [1.165, 1.54) is 32.1 Å². The van der Waals surface area contributed by atoms with Crippen LogP contribution in [-0.4, -0.2) is 0 Å². The van der Waals surface area contributed by atoms with Crippen molar-refractivity contribution < 1.29 is 14.7 Å². The molecule has 4 heteroatoms. The van der Waals surface area contributed by atoms with Crippen molar-refractivity contribution in [3.63, 3.8) is 0 Å². The van der Waals surface area contributed by atoms with Crippen LogP contribution in [0.3, 0.4) is 0 Å².